The van der Waals surface area contributed by atoms with Crippen LogP contribution >= 0.6 is 0 Å². The minimum Gasteiger partial charge on any atom is -0.481 e. The SMILES string of the molecule is O=C(O)CC(C(=O)CF)C(=O)NC1(C(=O)OCc2ccccc2)NCCc2ccccc21. The maximum Gasteiger partial charge on any atom is 0.352 e. The summed E-state index contributed by atoms with van der Waals surface area (Å²) >= 11 is 0. The molecule has 3 rings (SSSR count). The topological polar surface area (TPSA) is 122 Å². The van der Waals surface area contributed by atoms with E-state index in [1.54, 1.807) is 48.5 Å². The number of rotatable bonds is 9. The predicted molar refractivity (Wildman–Crippen MR) is 111 cm³/mol. The van der Waals surface area contributed by atoms with Crippen LogP contribution in [-0.2, 0) is 42.6 Å². The average molecular weight is 442 g/mol. The summed E-state index contributed by atoms with van der Waals surface area (Å²) in [6.45, 7) is -1.26. The fourth-order valence-electron chi connectivity index (χ4n) is 3.65. The number of carboxylic acids is 1. The maximum atomic E-state index is 13.3. The highest BCUT2D eigenvalue weighted by Gasteiger charge is 2.48. The van der Waals surface area contributed by atoms with Gasteiger partial charge in [-0.3, -0.25) is 19.7 Å². The molecule has 8 nitrogen and oxygen atoms in total. The highest BCUT2D eigenvalue weighted by molar-refractivity contribution is 6.05. The van der Waals surface area contributed by atoms with Crippen LogP contribution < -0.4 is 10.6 Å². The number of ketones is 1. The van der Waals surface area contributed by atoms with E-state index in [0.29, 0.717) is 18.5 Å². The second kappa shape index (κ2) is 10.1. The van der Waals surface area contributed by atoms with Gasteiger partial charge in [-0.2, -0.15) is 0 Å². The third kappa shape index (κ3) is 5.00. The smallest absolute Gasteiger partial charge is 0.352 e. The van der Waals surface area contributed by atoms with Crippen molar-refractivity contribution in [2.75, 3.05) is 13.2 Å². The molecular weight excluding hydrogens is 419 g/mol. The van der Waals surface area contributed by atoms with Gasteiger partial charge >= 0.3 is 11.9 Å². The lowest BCUT2D eigenvalue weighted by atomic mass is 9.87. The number of halogens is 1. The number of carbonyl (C=O) groups is 4. The van der Waals surface area contributed by atoms with Crippen molar-refractivity contribution in [1.29, 1.82) is 0 Å². The molecule has 0 radical (unpaired) electrons. The van der Waals surface area contributed by atoms with E-state index in [9.17, 15) is 23.6 Å². The Kier molecular flexibility index (Phi) is 7.32. The van der Waals surface area contributed by atoms with Gasteiger partial charge in [0.05, 0.1) is 6.42 Å². The summed E-state index contributed by atoms with van der Waals surface area (Å²) in [5.74, 6) is -6.31. The molecule has 0 saturated heterocycles. The molecular formula is C23H23FN2O6. The Hall–Kier alpha value is -3.59. The molecule has 3 N–H and O–H groups in total. The molecule has 2 atom stereocenters. The Balaban J connectivity index is 1.94. The first-order valence-corrected chi connectivity index (χ1v) is 10.0. The number of carbonyl (C=O) groups excluding carboxylic acids is 3. The molecule has 32 heavy (non-hydrogen) atoms. The van der Waals surface area contributed by atoms with Crippen LogP contribution in [0.4, 0.5) is 4.39 Å². The molecule has 1 aliphatic rings. The average Bonchev–Trinajstić information content (AvgIpc) is 2.81. The van der Waals surface area contributed by atoms with Gasteiger partial charge in [-0.1, -0.05) is 54.6 Å². The van der Waals surface area contributed by atoms with Crippen LogP contribution in [0.25, 0.3) is 0 Å². The molecule has 168 valence electrons. The highest BCUT2D eigenvalue weighted by atomic mass is 19.1. The van der Waals surface area contributed by atoms with E-state index in [1.807, 2.05) is 6.07 Å². The molecule has 1 aliphatic heterocycles. The van der Waals surface area contributed by atoms with Crippen LogP contribution in [0.15, 0.2) is 54.6 Å². The van der Waals surface area contributed by atoms with E-state index >= 15 is 0 Å². The molecule has 0 fully saturated rings. The van der Waals surface area contributed by atoms with E-state index in [4.69, 9.17) is 9.84 Å². The maximum absolute atomic E-state index is 13.3. The van der Waals surface area contributed by atoms with Crippen LogP contribution in [0.5, 0.6) is 0 Å². The number of fused-ring (bicyclic) bond motifs is 1. The number of Topliss-reactive ketones (excluding diaryl/α,β-unsaturated/α-hetero) is 1. The van der Waals surface area contributed by atoms with Gasteiger partial charge in [-0.25, -0.2) is 9.18 Å². The number of carboxylic acid groups (broad SMARTS) is 1. The monoisotopic (exact) mass is 442 g/mol. The summed E-state index contributed by atoms with van der Waals surface area (Å²) in [4.78, 5) is 49.3. The number of hydrogen-bond acceptors (Lipinski definition) is 6. The molecule has 2 aromatic rings. The molecule has 0 saturated carbocycles. The number of aliphatic carboxylic acids is 1. The zero-order valence-corrected chi connectivity index (χ0v) is 17.2. The van der Waals surface area contributed by atoms with Gasteiger partial charge in [0.2, 0.25) is 11.6 Å². The first-order chi connectivity index (χ1) is 15.4. The minimum atomic E-state index is -1.85. The van der Waals surface area contributed by atoms with Crippen LogP contribution in [0, 0.1) is 5.92 Å². The molecule has 0 aliphatic carbocycles. The van der Waals surface area contributed by atoms with Crippen LogP contribution in [0.1, 0.15) is 23.1 Å². The Morgan fingerprint density at radius 3 is 2.47 bits per heavy atom. The van der Waals surface area contributed by atoms with E-state index < -0.39 is 48.3 Å². The van der Waals surface area contributed by atoms with Crippen molar-refractivity contribution in [3.63, 3.8) is 0 Å². The van der Waals surface area contributed by atoms with Crippen molar-refractivity contribution in [3.8, 4) is 0 Å². The lowest BCUT2D eigenvalue weighted by Gasteiger charge is -2.39. The van der Waals surface area contributed by atoms with Gasteiger partial charge in [0.15, 0.2) is 5.78 Å². The van der Waals surface area contributed by atoms with Gasteiger partial charge < -0.3 is 15.2 Å². The van der Waals surface area contributed by atoms with Gasteiger partial charge in [0.25, 0.3) is 0 Å². The zero-order valence-electron chi connectivity index (χ0n) is 17.2. The number of benzene rings is 2. The standard InChI is InChI=1S/C23H23FN2O6/c24-13-19(27)17(12-20(28)29)21(30)26-23(18-9-5-4-8-16(18)10-11-25-23)22(31)32-14-15-6-2-1-3-7-15/h1-9,17,25H,10-14H2,(H,26,30)(H,28,29). The van der Waals surface area contributed by atoms with E-state index in [1.165, 1.54) is 0 Å². The van der Waals surface area contributed by atoms with Crippen molar-refractivity contribution in [2.24, 2.45) is 5.92 Å². The quantitative estimate of drug-likeness (QED) is 0.397. The van der Waals surface area contributed by atoms with Crippen molar-refractivity contribution >= 4 is 23.6 Å². The Morgan fingerprint density at radius 2 is 1.78 bits per heavy atom. The summed E-state index contributed by atoms with van der Waals surface area (Å²) in [5, 5.41) is 14.5. The third-order valence-corrected chi connectivity index (χ3v) is 5.25. The fraction of sp³-hybridized carbons (Fsp3) is 0.304. The van der Waals surface area contributed by atoms with Crippen molar-refractivity contribution < 1.29 is 33.4 Å². The summed E-state index contributed by atoms with van der Waals surface area (Å²) < 4.78 is 18.5. The Bertz CT molecular complexity index is 1010. The second-order valence-corrected chi connectivity index (χ2v) is 7.39. The van der Waals surface area contributed by atoms with Gasteiger partial charge in [0, 0.05) is 12.1 Å². The number of esters is 1. The largest absolute Gasteiger partial charge is 0.481 e. The van der Waals surface area contributed by atoms with Gasteiger partial charge in [-0.05, 0) is 17.5 Å². The molecule has 2 aromatic carbocycles. The van der Waals surface area contributed by atoms with Crippen LogP contribution in [0.3, 0.4) is 0 Å². The summed E-state index contributed by atoms with van der Waals surface area (Å²) in [6.07, 6.45) is -0.326. The molecule has 1 amide bonds. The minimum absolute atomic E-state index is 0.0664. The summed E-state index contributed by atoms with van der Waals surface area (Å²) in [5.41, 5.74) is 0.0608. The molecule has 9 heteroatoms. The third-order valence-electron chi connectivity index (χ3n) is 5.25. The molecule has 0 spiro atoms. The number of hydrogen-bond donors (Lipinski definition) is 3. The molecule has 0 aromatic heterocycles. The van der Waals surface area contributed by atoms with Gasteiger partial charge in [-0.15, -0.1) is 0 Å². The molecule has 1 heterocycles. The first kappa shape index (κ1) is 23.1. The Labute approximate surface area is 183 Å². The molecule has 0 bridgehead atoms. The van der Waals surface area contributed by atoms with Crippen molar-refractivity contribution in [3.05, 3.63) is 71.3 Å². The second-order valence-electron chi connectivity index (χ2n) is 7.39. The highest BCUT2D eigenvalue weighted by Crippen LogP contribution is 2.29. The van der Waals surface area contributed by atoms with E-state index in [2.05, 4.69) is 10.6 Å². The van der Waals surface area contributed by atoms with Crippen LogP contribution in [0.2, 0.25) is 0 Å². The normalized spacial score (nSPS) is 18.2. The van der Waals surface area contributed by atoms with Gasteiger partial charge in [0.1, 0.15) is 19.2 Å². The summed E-state index contributed by atoms with van der Waals surface area (Å²) in [7, 11) is 0. The fourth-order valence-corrected chi connectivity index (χ4v) is 3.65. The number of alkyl halides is 1. The zero-order chi connectivity index (χ0) is 23.1. The van der Waals surface area contributed by atoms with Crippen LogP contribution in [-0.4, -0.2) is 42.0 Å². The van der Waals surface area contributed by atoms with Crippen molar-refractivity contribution in [2.45, 2.75) is 25.1 Å². The summed E-state index contributed by atoms with van der Waals surface area (Å²) in [6, 6.07) is 15.8. The van der Waals surface area contributed by atoms with Crippen molar-refractivity contribution in [1.82, 2.24) is 10.6 Å². The number of amides is 1. The van der Waals surface area contributed by atoms with E-state index in [-0.39, 0.29) is 6.61 Å². The van der Waals surface area contributed by atoms with E-state index in [0.717, 1.165) is 11.1 Å². The predicted octanol–water partition coefficient (Wildman–Crippen LogP) is 1.47. The first-order valence-electron chi connectivity index (χ1n) is 10.0. The lowest BCUT2D eigenvalue weighted by molar-refractivity contribution is -0.159. The Morgan fingerprint density at radius 1 is 1.09 bits per heavy atom. The molecule has 2 unspecified atom stereocenters. The lowest BCUT2D eigenvalue weighted by Crippen LogP contribution is -2.65. The number of nitrogens with one attached hydrogen (secondary N) is 2. The number of ether oxygens (including phenoxy) is 1.